The number of aromatic nitrogens is 4. The van der Waals surface area contributed by atoms with Crippen LogP contribution in [0, 0.1) is 20.8 Å². The lowest BCUT2D eigenvalue weighted by molar-refractivity contribution is 0.0789. The molecule has 0 saturated carbocycles. The first kappa shape index (κ1) is 20.6. The molecule has 32 heavy (non-hydrogen) atoms. The number of nitrogens with zero attached hydrogens (tertiary/aromatic N) is 5. The number of fused-ring (bicyclic) bond motifs is 2. The third kappa shape index (κ3) is 3.17. The highest BCUT2D eigenvalue weighted by molar-refractivity contribution is 7.20. The number of benzene rings is 1. The lowest BCUT2D eigenvalue weighted by Crippen LogP contribution is -2.26. The average Bonchev–Trinajstić information content (AvgIpc) is 3.46. The Morgan fingerprint density at radius 3 is 2.69 bits per heavy atom. The fraction of sp³-hybridized carbons (Fsp3) is 0.333. The number of hydrogen-bond donors (Lipinski definition) is 0. The molecule has 1 aliphatic rings. The van der Waals surface area contributed by atoms with E-state index in [1.165, 1.54) is 11.3 Å². The van der Waals surface area contributed by atoms with Crippen LogP contribution in [0.25, 0.3) is 15.9 Å². The molecule has 7 nitrogen and oxygen atoms in total. The second-order valence-corrected chi connectivity index (χ2v) is 9.38. The van der Waals surface area contributed by atoms with Crippen LogP contribution < -0.4 is 5.56 Å². The Morgan fingerprint density at radius 1 is 1.19 bits per heavy atom. The molecule has 0 aliphatic carbocycles. The predicted octanol–water partition coefficient (Wildman–Crippen LogP) is 3.79. The number of carbonyl (C=O) groups is 1. The molecule has 0 saturated heterocycles. The zero-order chi connectivity index (χ0) is 22.6. The van der Waals surface area contributed by atoms with Gasteiger partial charge in [0.05, 0.1) is 21.6 Å². The number of para-hydroxylation sites is 1. The SMILES string of the molecule is Cc1nn(-c2ccccc2)c(C)c1CN(C)C(=O)c1sc2nc3n(c(=O)c2c1C)CCC3. The van der Waals surface area contributed by atoms with Gasteiger partial charge >= 0.3 is 0 Å². The van der Waals surface area contributed by atoms with Crippen LogP contribution in [0.2, 0.25) is 0 Å². The number of thiophene rings is 1. The van der Waals surface area contributed by atoms with Gasteiger partial charge in [-0.3, -0.25) is 14.2 Å². The van der Waals surface area contributed by atoms with E-state index in [2.05, 4.69) is 4.98 Å². The molecular weight excluding hydrogens is 422 g/mol. The van der Waals surface area contributed by atoms with Gasteiger partial charge in [0.15, 0.2) is 0 Å². The fourth-order valence-electron chi connectivity index (χ4n) is 4.49. The first-order valence-corrected chi connectivity index (χ1v) is 11.6. The summed E-state index contributed by atoms with van der Waals surface area (Å²) < 4.78 is 3.67. The summed E-state index contributed by atoms with van der Waals surface area (Å²) in [5.74, 6) is 0.733. The van der Waals surface area contributed by atoms with E-state index in [0.717, 1.165) is 46.9 Å². The number of carbonyl (C=O) groups excluding carboxylic acids is 1. The normalized spacial score (nSPS) is 13.0. The van der Waals surface area contributed by atoms with Gasteiger partial charge in [-0.15, -0.1) is 11.3 Å². The van der Waals surface area contributed by atoms with E-state index >= 15 is 0 Å². The second kappa shape index (κ2) is 7.70. The van der Waals surface area contributed by atoms with Crippen molar-refractivity contribution < 1.29 is 4.79 Å². The summed E-state index contributed by atoms with van der Waals surface area (Å²) in [5, 5.41) is 5.28. The summed E-state index contributed by atoms with van der Waals surface area (Å²) in [6.45, 7) is 7.00. The van der Waals surface area contributed by atoms with E-state index in [1.807, 2.05) is 55.8 Å². The molecule has 1 aliphatic heterocycles. The van der Waals surface area contributed by atoms with Crippen LogP contribution in [0.15, 0.2) is 35.1 Å². The molecule has 4 heterocycles. The minimum atomic E-state index is -0.0960. The zero-order valence-electron chi connectivity index (χ0n) is 18.7. The number of aryl methyl sites for hydroxylation is 3. The summed E-state index contributed by atoms with van der Waals surface area (Å²) in [6.07, 6.45) is 1.76. The molecule has 4 aromatic rings. The minimum Gasteiger partial charge on any atom is -0.337 e. The molecule has 164 valence electrons. The van der Waals surface area contributed by atoms with Gasteiger partial charge in [-0.05, 0) is 44.9 Å². The summed E-state index contributed by atoms with van der Waals surface area (Å²) in [4.78, 5) is 34.0. The van der Waals surface area contributed by atoms with Crippen LogP contribution in [0.4, 0.5) is 0 Å². The lowest BCUT2D eigenvalue weighted by Gasteiger charge is -2.17. The van der Waals surface area contributed by atoms with Crippen LogP contribution in [-0.4, -0.2) is 37.2 Å². The van der Waals surface area contributed by atoms with E-state index in [0.29, 0.717) is 28.2 Å². The predicted molar refractivity (Wildman–Crippen MR) is 126 cm³/mol. The van der Waals surface area contributed by atoms with Crippen LogP contribution in [0.3, 0.4) is 0 Å². The Labute approximate surface area is 189 Å². The Bertz CT molecular complexity index is 1410. The second-order valence-electron chi connectivity index (χ2n) is 8.38. The molecule has 0 fully saturated rings. The molecule has 8 heteroatoms. The molecule has 0 N–H and O–H groups in total. The standard InChI is InChI=1S/C24H25N5O2S/c1-14-20-22(25-19-11-8-12-28(19)23(20)30)32-21(14)24(31)27(4)13-18-15(2)26-29(16(18)3)17-9-6-5-7-10-17/h5-7,9-10H,8,11-13H2,1-4H3. The van der Waals surface area contributed by atoms with Crippen LogP contribution in [-0.2, 0) is 19.5 Å². The smallest absolute Gasteiger partial charge is 0.264 e. The van der Waals surface area contributed by atoms with Crippen molar-refractivity contribution in [2.45, 2.75) is 46.7 Å². The van der Waals surface area contributed by atoms with Crippen molar-refractivity contribution in [3.05, 3.63) is 73.9 Å². The highest BCUT2D eigenvalue weighted by Gasteiger charge is 2.26. The number of amides is 1. The molecule has 0 radical (unpaired) electrons. The third-order valence-corrected chi connectivity index (χ3v) is 7.46. The quantitative estimate of drug-likeness (QED) is 0.477. The highest BCUT2D eigenvalue weighted by Crippen LogP contribution is 2.30. The third-order valence-electron chi connectivity index (χ3n) is 6.29. The summed E-state index contributed by atoms with van der Waals surface area (Å²) >= 11 is 1.33. The van der Waals surface area contributed by atoms with Crippen molar-refractivity contribution in [2.75, 3.05) is 7.05 Å². The average molecular weight is 448 g/mol. The Morgan fingerprint density at radius 2 is 1.94 bits per heavy atom. The Hall–Kier alpha value is -3.26. The largest absolute Gasteiger partial charge is 0.337 e. The fourth-order valence-corrected chi connectivity index (χ4v) is 5.67. The van der Waals surface area contributed by atoms with Gasteiger partial charge in [0.2, 0.25) is 0 Å². The summed E-state index contributed by atoms with van der Waals surface area (Å²) in [6, 6.07) is 9.98. The van der Waals surface area contributed by atoms with E-state index in [-0.39, 0.29) is 11.5 Å². The van der Waals surface area contributed by atoms with Gasteiger partial charge < -0.3 is 4.90 Å². The molecular formula is C24H25N5O2S. The van der Waals surface area contributed by atoms with Crippen LogP contribution >= 0.6 is 11.3 Å². The minimum absolute atomic E-state index is 0.0196. The number of hydrogen-bond acceptors (Lipinski definition) is 5. The van der Waals surface area contributed by atoms with Gasteiger partial charge in [0.25, 0.3) is 11.5 Å². The Balaban J connectivity index is 1.47. The topological polar surface area (TPSA) is 73.0 Å². The van der Waals surface area contributed by atoms with E-state index in [9.17, 15) is 9.59 Å². The maximum absolute atomic E-state index is 13.4. The van der Waals surface area contributed by atoms with Crippen molar-refractivity contribution in [1.29, 1.82) is 0 Å². The molecule has 0 spiro atoms. The monoisotopic (exact) mass is 447 g/mol. The first-order chi connectivity index (χ1) is 15.4. The van der Waals surface area contributed by atoms with Crippen molar-refractivity contribution in [1.82, 2.24) is 24.2 Å². The van der Waals surface area contributed by atoms with Gasteiger partial charge in [0.1, 0.15) is 10.7 Å². The van der Waals surface area contributed by atoms with E-state index < -0.39 is 0 Å². The number of rotatable bonds is 4. The van der Waals surface area contributed by atoms with Gasteiger partial charge in [-0.1, -0.05) is 18.2 Å². The van der Waals surface area contributed by atoms with Gasteiger partial charge in [-0.25, -0.2) is 9.67 Å². The molecule has 0 unspecified atom stereocenters. The van der Waals surface area contributed by atoms with Crippen molar-refractivity contribution >= 4 is 27.5 Å². The van der Waals surface area contributed by atoms with Crippen molar-refractivity contribution in [3.8, 4) is 5.69 Å². The highest BCUT2D eigenvalue weighted by atomic mass is 32.1. The van der Waals surface area contributed by atoms with Crippen molar-refractivity contribution in [2.24, 2.45) is 0 Å². The first-order valence-electron chi connectivity index (χ1n) is 10.8. The summed E-state index contributed by atoms with van der Waals surface area (Å²) in [5.41, 5.74) is 4.64. The zero-order valence-corrected chi connectivity index (χ0v) is 19.5. The molecule has 1 amide bonds. The van der Waals surface area contributed by atoms with Crippen LogP contribution in [0.1, 0.15) is 44.4 Å². The van der Waals surface area contributed by atoms with Crippen molar-refractivity contribution in [3.63, 3.8) is 0 Å². The maximum Gasteiger partial charge on any atom is 0.264 e. The van der Waals surface area contributed by atoms with E-state index in [4.69, 9.17) is 5.10 Å². The molecule has 5 rings (SSSR count). The Kier molecular flexibility index (Phi) is 4.97. The molecule has 0 bridgehead atoms. The molecule has 1 aromatic carbocycles. The van der Waals surface area contributed by atoms with Gasteiger partial charge in [-0.2, -0.15) is 5.10 Å². The molecule has 0 atom stereocenters. The van der Waals surface area contributed by atoms with E-state index in [1.54, 1.807) is 16.5 Å². The lowest BCUT2D eigenvalue weighted by atomic mass is 10.1. The maximum atomic E-state index is 13.4. The molecule has 3 aromatic heterocycles. The van der Waals surface area contributed by atoms with Crippen LogP contribution in [0.5, 0.6) is 0 Å². The summed E-state index contributed by atoms with van der Waals surface area (Å²) in [7, 11) is 1.80. The van der Waals surface area contributed by atoms with Gasteiger partial charge in [0, 0.05) is 37.8 Å².